The second-order valence-corrected chi connectivity index (χ2v) is 18.5. The maximum absolute atomic E-state index is 13.3. The Labute approximate surface area is 307 Å². The van der Waals surface area contributed by atoms with E-state index < -0.39 is 44.8 Å². The van der Waals surface area contributed by atoms with E-state index in [1.165, 1.54) is 6.92 Å². The molecule has 51 heavy (non-hydrogen) atoms. The number of Topliss-reactive ketones (excluding diaryl/α,β-unsaturated/α-hetero) is 1. The van der Waals surface area contributed by atoms with Crippen LogP contribution in [0.1, 0.15) is 71.4 Å². The minimum Gasteiger partial charge on any atom is -0.455 e. The third-order valence-corrected chi connectivity index (χ3v) is 14.7. The van der Waals surface area contributed by atoms with Gasteiger partial charge in [-0.05, 0) is 71.2 Å². The minimum atomic E-state index is -2.12. The molecule has 0 bridgehead atoms. The molecule has 1 N–H and O–H groups in total. The van der Waals surface area contributed by atoms with Crippen LogP contribution in [0.5, 0.6) is 0 Å². The van der Waals surface area contributed by atoms with Crippen LogP contribution in [-0.2, 0) is 46.2 Å². The van der Waals surface area contributed by atoms with Crippen LogP contribution >= 0.6 is 0 Å². The molecule has 0 aromatic heterocycles. The Morgan fingerprint density at radius 3 is 2.06 bits per heavy atom. The SMILES string of the molecule is C=C(CC[C@H](O)COCc1ccccc1)C(=O)C[C@@H](C)C(=C)C(OC(C)=O)[C@@H]1O[C@@H](COCc2ccccc2)C(=C)C[C@@H]1O[Si](CC)(CC)CC. The summed E-state index contributed by atoms with van der Waals surface area (Å²) in [4.78, 5) is 25.9. The smallest absolute Gasteiger partial charge is 0.303 e. The monoisotopic (exact) mass is 720 g/mol. The lowest BCUT2D eigenvalue weighted by Gasteiger charge is -2.45. The molecule has 2 aromatic carbocycles. The Hall–Kier alpha value is -3.18. The molecule has 9 heteroatoms. The van der Waals surface area contributed by atoms with Crippen LogP contribution in [0.4, 0.5) is 0 Å². The van der Waals surface area contributed by atoms with Crippen molar-refractivity contribution in [1.82, 2.24) is 0 Å². The van der Waals surface area contributed by atoms with Crippen LogP contribution in [0.2, 0.25) is 18.1 Å². The number of hydrogen-bond donors (Lipinski definition) is 1. The van der Waals surface area contributed by atoms with Crippen molar-refractivity contribution in [2.24, 2.45) is 5.92 Å². The first-order valence-corrected chi connectivity index (χ1v) is 20.9. The largest absolute Gasteiger partial charge is 0.455 e. The molecule has 6 atom stereocenters. The van der Waals surface area contributed by atoms with Crippen molar-refractivity contribution < 1.29 is 38.1 Å². The molecular weight excluding hydrogens is 661 g/mol. The lowest BCUT2D eigenvalue weighted by Crippen LogP contribution is -2.55. The zero-order chi connectivity index (χ0) is 37.4. The molecule has 1 aliphatic rings. The highest BCUT2D eigenvalue weighted by molar-refractivity contribution is 6.73. The molecule has 0 saturated carbocycles. The van der Waals surface area contributed by atoms with Crippen molar-refractivity contribution in [2.45, 2.75) is 122 Å². The van der Waals surface area contributed by atoms with Gasteiger partial charge in [0.25, 0.3) is 0 Å². The molecule has 280 valence electrons. The number of rotatable bonds is 23. The minimum absolute atomic E-state index is 0.127. The number of ether oxygens (including phenoxy) is 4. The number of hydrogen-bond acceptors (Lipinski definition) is 8. The van der Waals surface area contributed by atoms with E-state index in [4.69, 9.17) is 23.4 Å². The van der Waals surface area contributed by atoms with E-state index >= 15 is 0 Å². The van der Waals surface area contributed by atoms with Crippen LogP contribution in [0.25, 0.3) is 0 Å². The normalized spacial score (nSPS) is 19.6. The standard InChI is InChI=1S/C42H60O8Si/c1-9-51(10-2,11-3)50-39-25-32(6)40(29-47-27-36-20-16-13-17-21-36)49-42(39)41(48-34(8)43)33(7)31(5)24-38(45)30(4)22-23-37(44)28-46-26-35-18-14-12-15-19-35/h12-21,31,37,39-42,44H,4,6-7,9-11,22-29H2,1-3,5,8H3/t31-,37+,39+,40+,41?,42-/m1/s1. The van der Waals surface area contributed by atoms with E-state index in [0.717, 1.165) is 34.8 Å². The molecule has 1 aliphatic heterocycles. The van der Waals surface area contributed by atoms with Gasteiger partial charge in [0.2, 0.25) is 0 Å². The lowest BCUT2D eigenvalue weighted by molar-refractivity contribution is -0.172. The molecule has 0 aliphatic carbocycles. The first kappa shape index (κ1) is 42.2. The number of ketones is 1. The van der Waals surface area contributed by atoms with Crippen molar-refractivity contribution in [2.75, 3.05) is 13.2 Å². The molecule has 1 heterocycles. The molecule has 0 radical (unpaired) electrons. The Balaban J connectivity index is 1.69. The summed E-state index contributed by atoms with van der Waals surface area (Å²) in [5, 5.41) is 10.5. The van der Waals surface area contributed by atoms with E-state index in [9.17, 15) is 14.7 Å². The van der Waals surface area contributed by atoms with Gasteiger partial charge in [-0.3, -0.25) is 9.59 Å². The Bertz CT molecular complexity index is 1400. The Kier molecular flexibility index (Phi) is 17.7. The molecular formula is C42H60O8Si. The maximum atomic E-state index is 13.3. The fourth-order valence-corrected chi connectivity index (χ4v) is 9.27. The molecule has 0 amide bonds. The summed E-state index contributed by atoms with van der Waals surface area (Å²) in [6.45, 7) is 23.8. The number of esters is 1. The van der Waals surface area contributed by atoms with Gasteiger partial charge in [-0.2, -0.15) is 0 Å². The molecule has 0 spiro atoms. The summed E-state index contributed by atoms with van der Waals surface area (Å²) < 4.78 is 31.5. The highest BCUT2D eigenvalue weighted by atomic mass is 28.4. The average Bonchev–Trinajstić information content (AvgIpc) is 3.13. The predicted octanol–water partition coefficient (Wildman–Crippen LogP) is 8.30. The van der Waals surface area contributed by atoms with Gasteiger partial charge >= 0.3 is 5.97 Å². The first-order valence-electron chi connectivity index (χ1n) is 18.4. The molecule has 8 nitrogen and oxygen atoms in total. The summed E-state index contributed by atoms with van der Waals surface area (Å²) >= 11 is 0. The summed E-state index contributed by atoms with van der Waals surface area (Å²) in [5.74, 6) is -0.957. The van der Waals surface area contributed by atoms with Gasteiger partial charge in [0.1, 0.15) is 12.2 Å². The van der Waals surface area contributed by atoms with Crippen LogP contribution < -0.4 is 0 Å². The number of aliphatic hydroxyl groups excluding tert-OH is 1. The van der Waals surface area contributed by atoms with Crippen LogP contribution in [0.15, 0.2) is 97.1 Å². The lowest BCUT2D eigenvalue weighted by atomic mass is 9.84. The highest BCUT2D eigenvalue weighted by Crippen LogP contribution is 2.37. The summed E-state index contributed by atoms with van der Waals surface area (Å²) in [6, 6.07) is 22.5. The summed E-state index contributed by atoms with van der Waals surface area (Å²) in [6.07, 6.45) is -1.72. The third kappa shape index (κ3) is 13.4. The van der Waals surface area contributed by atoms with Crippen molar-refractivity contribution in [3.05, 3.63) is 108 Å². The van der Waals surface area contributed by atoms with Crippen LogP contribution in [0, 0.1) is 5.92 Å². The van der Waals surface area contributed by atoms with E-state index in [1.54, 1.807) is 0 Å². The van der Waals surface area contributed by atoms with Crippen molar-refractivity contribution in [3.63, 3.8) is 0 Å². The van der Waals surface area contributed by atoms with Crippen LogP contribution in [0.3, 0.4) is 0 Å². The molecule has 1 saturated heterocycles. The van der Waals surface area contributed by atoms with Gasteiger partial charge in [0.15, 0.2) is 20.2 Å². The third-order valence-electron chi connectivity index (χ3n) is 10.00. The van der Waals surface area contributed by atoms with E-state index in [0.29, 0.717) is 43.6 Å². The second-order valence-electron chi connectivity index (χ2n) is 13.8. The highest BCUT2D eigenvalue weighted by Gasteiger charge is 2.46. The Morgan fingerprint density at radius 2 is 1.51 bits per heavy atom. The number of benzene rings is 2. The molecule has 3 rings (SSSR count). The average molecular weight is 721 g/mol. The summed E-state index contributed by atoms with van der Waals surface area (Å²) in [5.41, 5.74) is 3.95. The zero-order valence-corrected chi connectivity index (χ0v) is 32.4. The van der Waals surface area contributed by atoms with E-state index in [1.807, 2.05) is 67.6 Å². The van der Waals surface area contributed by atoms with Gasteiger partial charge in [-0.15, -0.1) is 0 Å². The topological polar surface area (TPSA) is 101 Å². The van der Waals surface area contributed by atoms with Gasteiger partial charge in [-0.25, -0.2) is 0 Å². The van der Waals surface area contributed by atoms with Gasteiger partial charge in [0.05, 0.1) is 38.6 Å². The molecule has 2 aromatic rings. The first-order chi connectivity index (χ1) is 24.4. The number of carbonyl (C=O) groups is 2. The predicted molar refractivity (Wildman–Crippen MR) is 205 cm³/mol. The fourth-order valence-electron chi connectivity index (χ4n) is 6.41. The number of allylic oxidation sites excluding steroid dienone is 1. The molecule has 1 unspecified atom stereocenters. The van der Waals surface area contributed by atoms with Crippen molar-refractivity contribution in [1.29, 1.82) is 0 Å². The Morgan fingerprint density at radius 1 is 0.941 bits per heavy atom. The van der Waals surface area contributed by atoms with Gasteiger partial charge in [0, 0.05) is 13.3 Å². The zero-order valence-electron chi connectivity index (χ0n) is 31.4. The van der Waals surface area contributed by atoms with Crippen molar-refractivity contribution >= 4 is 20.1 Å². The van der Waals surface area contributed by atoms with Crippen LogP contribution in [-0.4, -0.2) is 68.9 Å². The maximum Gasteiger partial charge on any atom is 0.303 e. The number of aliphatic hydroxyl groups is 1. The van der Waals surface area contributed by atoms with Crippen molar-refractivity contribution in [3.8, 4) is 0 Å². The van der Waals surface area contributed by atoms with Gasteiger partial charge < -0.3 is 28.5 Å². The van der Waals surface area contributed by atoms with E-state index in [2.05, 4.69) is 40.5 Å². The fraction of sp³-hybridized carbons (Fsp3) is 0.524. The van der Waals surface area contributed by atoms with E-state index in [-0.39, 0.29) is 31.3 Å². The number of carbonyl (C=O) groups excluding carboxylic acids is 2. The quantitative estimate of drug-likeness (QED) is 0.0530. The molecule has 1 fully saturated rings. The summed E-state index contributed by atoms with van der Waals surface area (Å²) in [7, 11) is -2.12. The second kappa shape index (κ2) is 21.4. The van der Waals surface area contributed by atoms with Gasteiger partial charge in [-0.1, -0.05) is 108 Å².